The molecule has 0 aliphatic rings. The maximum atomic E-state index is 6.17. The van der Waals surface area contributed by atoms with Crippen LogP contribution in [0.4, 0.5) is 0 Å². The molecule has 0 saturated heterocycles. The van der Waals surface area contributed by atoms with Gasteiger partial charge in [0.2, 0.25) is 0 Å². The summed E-state index contributed by atoms with van der Waals surface area (Å²) in [4.78, 5) is 8.67. The van der Waals surface area contributed by atoms with Crippen molar-refractivity contribution < 1.29 is 0 Å². The summed E-state index contributed by atoms with van der Waals surface area (Å²) in [6, 6.07) is 1.97. The first-order chi connectivity index (χ1) is 7.65. The van der Waals surface area contributed by atoms with Crippen LogP contribution in [0.2, 0.25) is 0 Å². The van der Waals surface area contributed by atoms with E-state index in [9.17, 15) is 0 Å². The standard InChI is InChI=1S/C12H18N4/c1-4-16-10-5-6-14-7-9(10)15-12(16)11(13)8(2)3/h5-8,11H,4,13H2,1-3H3/t11-/m0/s1. The Morgan fingerprint density at radius 1 is 1.44 bits per heavy atom. The first-order valence-corrected chi connectivity index (χ1v) is 5.70. The molecule has 2 aromatic rings. The molecule has 2 aromatic heterocycles. The average Bonchev–Trinajstić information content (AvgIpc) is 2.65. The summed E-state index contributed by atoms with van der Waals surface area (Å²) >= 11 is 0. The highest BCUT2D eigenvalue weighted by Gasteiger charge is 2.18. The summed E-state index contributed by atoms with van der Waals surface area (Å²) in [6.07, 6.45) is 3.58. The minimum Gasteiger partial charge on any atom is -0.327 e. The van der Waals surface area contributed by atoms with Crippen molar-refractivity contribution in [3.05, 3.63) is 24.3 Å². The van der Waals surface area contributed by atoms with Gasteiger partial charge in [-0.05, 0) is 18.9 Å². The van der Waals surface area contributed by atoms with Crippen molar-refractivity contribution in [2.45, 2.75) is 33.4 Å². The molecular weight excluding hydrogens is 200 g/mol. The van der Waals surface area contributed by atoms with E-state index >= 15 is 0 Å². The average molecular weight is 218 g/mol. The van der Waals surface area contributed by atoms with E-state index in [2.05, 4.69) is 35.3 Å². The van der Waals surface area contributed by atoms with Gasteiger partial charge in [0.15, 0.2) is 0 Å². The lowest BCUT2D eigenvalue weighted by Gasteiger charge is -2.16. The van der Waals surface area contributed by atoms with Crippen molar-refractivity contribution in [1.82, 2.24) is 14.5 Å². The fraction of sp³-hybridized carbons (Fsp3) is 0.500. The van der Waals surface area contributed by atoms with E-state index in [4.69, 9.17) is 5.73 Å². The highest BCUT2D eigenvalue weighted by Crippen LogP contribution is 2.23. The maximum absolute atomic E-state index is 6.17. The van der Waals surface area contributed by atoms with Crippen LogP contribution in [0.15, 0.2) is 18.5 Å². The summed E-state index contributed by atoms with van der Waals surface area (Å²) in [5, 5.41) is 0. The lowest BCUT2D eigenvalue weighted by atomic mass is 10.1. The van der Waals surface area contributed by atoms with Gasteiger partial charge >= 0.3 is 0 Å². The van der Waals surface area contributed by atoms with Gasteiger partial charge in [-0.1, -0.05) is 13.8 Å². The van der Waals surface area contributed by atoms with Gasteiger partial charge in [-0.3, -0.25) is 4.98 Å². The molecule has 86 valence electrons. The Balaban J connectivity index is 2.60. The van der Waals surface area contributed by atoms with Gasteiger partial charge in [0, 0.05) is 12.7 Å². The molecule has 0 amide bonds. The van der Waals surface area contributed by atoms with Gasteiger partial charge in [-0.2, -0.15) is 0 Å². The van der Waals surface area contributed by atoms with Crippen molar-refractivity contribution in [2.75, 3.05) is 0 Å². The number of rotatable bonds is 3. The number of imidazole rings is 1. The molecule has 0 unspecified atom stereocenters. The zero-order chi connectivity index (χ0) is 11.7. The van der Waals surface area contributed by atoms with E-state index in [-0.39, 0.29) is 6.04 Å². The molecule has 2 rings (SSSR count). The number of nitrogens with two attached hydrogens (primary N) is 1. The van der Waals surface area contributed by atoms with Gasteiger partial charge in [-0.25, -0.2) is 4.98 Å². The predicted molar refractivity (Wildman–Crippen MR) is 65.0 cm³/mol. The molecule has 0 saturated carbocycles. The first kappa shape index (κ1) is 11.1. The summed E-state index contributed by atoms with van der Waals surface area (Å²) < 4.78 is 2.17. The number of aryl methyl sites for hydroxylation is 1. The number of fused-ring (bicyclic) bond motifs is 1. The van der Waals surface area contributed by atoms with Gasteiger partial charge in [-0.15, -0.1) is 0 Å². The third kappa shape index (κ3) is 1.69. The zero-order valence-electron chi connectivity index (χ0n) is 10.0. The second kappa shape index (κ2) is 4.22. The largest absolute Gasteiger partial charge is 0.327 e. The molecule has 2 heterocycles. The van der Waals surface area contributed by atoms with Gasteiger partial charge in [0.25, 0.3) is 0 Å². The second-order valence-corrected chi connectivity index (χ2v) is 4.35. The Kier molecular flexibility index (Phi) is 2.92. The molecule has 2 N–H and O–H groups in total. The van der Waals surface area contributed by atoms with Crippen LogP contribution in [0.25, 0.3) is 11.0 Å². The van der Waals surface area contributed by atoms with E-state index in [0.29, 0.717) is 5.92 Å². The smallest absolute Gasteiger partial charge is 0.127 e. The number of nitrogens with zero attached hydrogens (tertiary/aromatic N) is 3. The molecule has 0 spiro atoms. The zero-order valence-corrected chi connectivity index (χ0v) is 10.0. The predicted octanol–water partition coefficient (Wildman–Crippen LogP) is 2.11. The molecule has 0 aliphatic heterocycles. The van der Waals surface area contributed by atoms with Crippen LogP contribution < -0.4 is 5.73 Å². The van der Waals surface area contributed by atoms with Crippen LogP contribution in [0.1, 0.15) is 32.6 Å². The number of aromatic nitrogens is 3. The maximum Gasteiger partial charge on any atom is 0.127 e. The van der Waals surface area contributed by atoms with E-state index in [1.807, 2.05) is 6.07 Å². The quantitative estimate of drug-likeness (QED) is 0.858. The van der Waals surface area contributed by atoms with Crippen LogP contribution in [0.5, 0.6) is 0 Å². The molecule has 4 heteroatoms. The topological polar surface area (TPSA) is 56.7 Å². The Morgan fingerprint density at radius 2 is 2.19 bits per heavy atom. The molecule has 0 bridgehead atoms. The van der Waals surface area contributed by atoms with Crippen LogP contribution in [0.3, 0.4) is 0 Å². The number of pyridine rings is 1. The van der Waals surface area contributed by atoms with Crippen molar-refractivity contribution in [1.29, 1.82) is 0 Å². The third-order valence-electron chi connectivity index (χ3n) is 2.91. The number of hydrogen-bond acceptors (Lipinski definition) is 3. The Morgan fingerprint density at radius 3 is 2.81 bits per heavy atom. The first-order valence-electron chi connectivity index (χ1n) is 5.70. The Hall–Kier alpha value is -1.42. The van der Waals surface area contributed by atoms with Gasteiger partial charge in [0.1, 0.15) is 11.3 Å². The van der Waals surface area contributed by atoms with Gasteiger partial charge in [0.05, 0.1) is 17.8 Å². The summed E-state index contributed by atoms with van der Waals surface area (Å²) in [5.41, 5.74) is 8.22. The van der Waals surface area contributed by atoms with E-state index < -0.39 is 0 Å². The van der Waals surface area contributed by atoms with Crippen LogP contribution >= 0.6 is 0 Å². The normalized spacial score (nSPS) is 13.6. The van der Waals surface area contributed by atoms with Gasteiger partial charge < -0.3 is 10.3 Å². The molecule has 4 nitrogen and oxygen atoms in total. The molecule has 1 atom stereocenters. The number of hydrogen-bond donors (Lipinski definition) is 1. The highest BCUT2D eigenvalue weighted by molar-refractivity contribution is 5.74. The monoisotopic (exact) mass is 218 g/mol. The van der Waals surface area contributed by atoms with Crippen molar-refractivity contribution in [3.8, 4) is 0 Å². The molecule has 0 radical (unpaired) electrons. The Bertz CT molecular complexity index is 487. The second-order valence-electron chi connectivity index (χ2n) is 4.35. The van der Waals surface area contributed by atoms with Crippen molar-refractivity contribution in [2.24, 2.45) is 11.7 Å². The third-order valence-corrected chi connectivity index (χ3v) is 2.91. The van der Waals surface area contributed by atoms with E-state index in [0.717, 1.165) is 23.4 Å². The van der Waals surface area contributed by atoms with Crippen molar-refractivity contribution in [3.63, 3.8) is 0 Å². The van der Waals surface area contributed by atoms with E-state index in [1.54, 1.807) is 12.4 Å². The van der Waals surface area contributed by atoms with Crippen LogP contribution in [0, 0.1) is 5.92 Å². The molecule has 0 aromatic carbocycles. The molecular formula is C12H18N4. The van der Waals surface area contributed by atoms with Crippen molar-refractivity contribution >= 4 is 11.0 Å². The minimum absolute atomic E-state index is 0.0210. The summed E-state index contributed by atoms with van der Waals surface area (Å²) in [6.45, 7) is 7.22. The fourth-order valence-electron chi connectivity index (χ4n) is 1.89. The lowest BCUT2D eigenvalue weighted by Crippen LogP contribution is -2.21. The Labute approximate surface area is 95.5 Å². The summed E-state index contributed by atoms with van der Waals surface area (Å²) in [7, 11) is 0. The highest BCUT2D eigenvalue weighted by atomic mass is 15.1. The molecule has 0 fully saturated rings. The summed E-state index contributed by atoms with van der Waals surface area (Å²) in [5.74, 6) is 1.34. The SMILES string of the molecule is CCn1c([C@@H](N)C(C)C)nc2cnccc21. The van der Waals surface area contributed by atoms with E-state index in [1.165, 1.54) is 0 Å². The molecule has 16 heavy (non-hydrogen) atoms. The fourth-order valence-corrected chi connectivity index (χ4v) is 1.89. The molecule has 0 aliphatic carbocycles. The lowest BCUT2D eigenvalue weighted by molar-refractivity contribution is 0.472. The van der Waals surface area contributed by atoms with Crippen LogP contribution in [-0.4, -0.2) is 14.5 Å². The van der Waals surface area contributed by atoms with Crippen LogP contribution in [-0.2, 0) is 6.54 Å². The minimum atomic E-state index is -0.0210.